The van der Waals surface area contributed by atoms with Gasteiger partial charge in [0.2, 0.25) is 0 Å². The maximum Gasteiger partial charge on any atom is 0.294 e. The molecular weight excluding hydrogens is 176 g/mol. The standard InChI is InChI=1S/C6H8N4O3/c1-13-6-9-2(4(7)11)3(10-6)5(8)12/h1H3,(H2,7,11)(H2,8,12)(H,9,10). The highest BCUT2D eigenvalue weighted by molar-refractivity contribution is 6.03. The Morgan fingerprint density at radius 1 is 1.38 bits per heavy atom. The maximum atomic E-state index is 10.7. The third-order valence-corrected chi connectivity index (χ3v) is 1.36. The van der Waals surface area contributed by atoms with E-state index in [2.05, 4.69) is 14.7 Å². The predicted molar refractivity (Wildman–Crippen MR) is 42.2 cm³/mol. The van der Waals surface area contributed by atoms with Gasteiger partial charge in [0.1, 0.15) is 5.69 Å². The van der Waals surface area contributed by atoms with Gasteiger partial charge >= 0.3 is 0 Å². The van der Waals surface area contributed by atoms with Crippen LogP contribution >= 0.6 is 0 Å². The summed E-state index contributed by atoms with van der Waals surface area (Å²) in [5.41, 5.74) is 9.52. The highest BCUT2D eigenvalue weighted by Gasteiger charge is 2.18. The summed E-state index contributed by atoms with van der Waals surface area (Å²) < 4.78 is 4.65. The van der Waals surface area contributed by atoms with Crippen LogP contribution in [0.2, 0.25) is 0 Å². The van der Waals surface area contributed by atoms with E-state index in [9.17, 15) is 9.59 Å². The molecule has 1 rings (SSSR count). The molecule has 13 heavy (non-hydrogen) atoms. The average Bonchev–Trinajstić information content (AvgIpc) is 2.47. The normalized spacial score (nSPS) is 9.62. The van der Waals surface area contributed by atoms with Crippen molar-refractivity contribution in [1.29, 1.82) is 0 Å². The Morgan fingerprint density at radius 2 is 2.00 bits per heavy atom. The molecule has 0 bridgehead atoms. The number of nitrogens with zero attached hydrogens (tertiary/aromatic N) is 1. The lowest BCUT2D eigenvalue weighted by Gasteiger charge is -1.90. The molecule has 0 saturated carbocycles. The lowest BCUT2D eigenvalue weighted by Crippen LogP contribution is -2.20. The molecule has 0 unspecified atom stereocenters. The number of H-pyrrole nitrogens is 1. The van der Waals surface area contributed by atoms with Crippen molar-refractivity contribution in [3.05, 3.63) is 11.4 Å². The molecule has 7 nitrogen and oxygen atoms in total. The number of imidazole rings is 1. The fourth-order valence-corrected chi connectivity index (χ4v) is 0.805. The number of hydrogen-bond donors (Lipinski definition) is 3. The van der Waals surface area contributed by atoms with E-state index < -0.39 is 11.8 Å². The molecule has 70 valence electrons. The van der Waals surface area contributed by atoms with Crippen molar-refractivity contribution in [2.45, 2.75) is 0 Å². The first-order valence-electron chi connectivity index (χ1n) is 3.30. The molecule has 0 saturated heterocycles. The monoisotopic (exact) mass is 184 g/mol. The number of aromatic amines is 1. The van der Waals surface area contributed by atoms with E-state index in [0.29, 0.717) is 0 Å². The molecule has 0 aliphatic carbocycles. The number of ether oxygens (including phenoxy) is 1. The lowest BCUT2D eigenvalue weighted by atomic mass is 10.3. The number of amides is 2. The van der Waals surface area contributed by atoms with E-state index in [4.69, 9.17) is 11.5 Å². The maximum absolute atomic E-state index is 10.7. The minimum absolute atomic E-state index is 0.0163. The summed E-state index contributed by atoms with van der Waals surface area (Å²) in [6, 6.07) is 0.0163. The largest absolute Gasteiger partial charge is 0.468 e. The Bertz CT molecular complexity index is 325. The number of primary amides is 2. The zero-order chi connectivity index (χ0) is 10.0. The summed E-state index contributed by atoms with van der Waals surface area (Å²) in [6.07, 6.45) is 0. The topological polar surface area (TPSA) is 124 Å². The van der Waals surface area contributed by atoms with Gasteiger partial charge in [0, 0.05) is 0 Å². The van der Waals surface area contributed by atoms with Crippen molar-refractivity contribution >= 4 is 11.8 Å². The number of rotatable bonds is 3. The number of hydrogen-bond acceptors (Lipinski definition) is 4. The second-order valence-corrected chi connectivity index (χ2v) is 2.20. The molecule has 0 aromatic carbocycles. The van der Waals surface area contributed by atoms with Crippen molar-refractivity contribution in [2.24, 2.45) is 11.5 Å². The second-order valence-electron chi connectivity index (χ2n) is 2.20. The van der Waals surface area contributed by atoms with Crippen LogP contribution in [0.4, 0.5) is 0 Å². The first kappa shape index (κ1) is 9.04. The third kappa shape index (κ3) is 1.58. The van der Waals surface area contributed by atoms with Crippen LogP contribution in [0.15, 0.2) is 0 Å². The molecule has 0 aliphatic heterocycles. The van der Waals surface area contributed by atoms with Crippen molar-refractivity contribution < 1.29 is 14.3 Å². The van der Waals surface area contributed by atoms with Crippen LogP contribution in [0.3, 0.4) is 0 Å². The Labute approximate surface area is 73.1 Å². The van der Waals surface area contributed by atoms with Crippen molar-refractivity contribution in [3.63, 3.8) is 0 Å². The van der Waals surface area contributed by atoms with E-state index in [0.717, 1.165) is 0 Å². The van der Waals surface area contributed by atoms with Gasteiger partial charge in [-0.15, -0.1) is 0 Å². The van der Waals surface area contributed by atoms with Crippen LogP contribution < -0.4 is 16.2 Å². The molecule has 1 aromatic rings. The summed E-state index contributed by atoms with van der Waals surface area (Å²) >= 11 is 0. The fraction of sp³-hybridized carbons (Fsp3) is 0.167. The second kappa shape index (κ2) is 3.13. The Balaban J connectivity index is 3.23. The zero-order valence-electron chi connectivity index (χ0n) is 6.83. The number of methoxy groups -OCH3 is 1. The molecule has 5 N–H and O–H groups in total. The molecule has 1 aromatic heterocycles. The molecule has 7 heteroatoms. The Hall–Kier alpha value is -2.05. The predicted octanol–water partition coefficient (Wildman–Crippen LogP) is -1.38. The highest BCUT2D eigenvalue weighted by atomic mass is 16.5. The number of nitrogens with one attached hydrogen (secondary N) is 1. The van der Waals surface area contributed by atoms with Gasteiger partial charge in [0.15, 0.2) is 5.69 Å². The van der Waals surface area contributed by atoms with E-state index in [-0.39, 0.29) is 17.4 Å². The van der Waals surface area contributed by atoms with E-state index in [1.807, 2.05) is 0 Å². The van der Waals surface area contributed by atoms with Crippen molar-refractivity contribution in [3.8, 4) is 6.01 Å². The molecule has 0 radical (unpaired) electrons. The number of carbonyl (C=O) groups is 2. The minimum Gasteiger partial charge on any atom is -0.468 e. The molecule has 0 fully saturated rings. The van der Waals surface area contributed by atoms with Crippen LogP contribution in [0.5, 0.6) is 6.01 Å². The number of nitrogens with two attached hydrogens (primary N) is 2. The summed E-state index contributed by atoms with van der Waals surface area (Å²) in [4.78, 5) is 27.5. The van der Waals surface area contributed by atoms with E-state index in [1.54, 1.807) is 0 Å². The van der Waals surface area contributed by atoms with E-state index >= 15 is 0 Å². The van der Waals surface area contributed by atoms with Gasteiger partial charge in [0.05, 0.1) is 7.11 Å². The molecule has 0 atom stereocenters. The summed E-state index contributed by atoms with van der Waals surface area (Å²) in [6.45, 7) is 0. The van der Waals surface area contributed by atoms with Gasteiger partial charge < -0.3 is 21.2 Å². The van der Waals surface area contributed by atoms with Gasteiger partial charge in [0.25, 0.3) is 17.8 Å². The third-order valence-electron chi connectivity index (χ3n) is 1.36. The van der Waals surface area contributed by atoms with Crippen LogP contribution in [-0.2, 0) is 0 Å². The van der Waals surface area contributed by atoms with Gasteiger partial charge in [-0.1, -0.05) is 0 Å². The zero-order valence-corrected chi connectivity index (χ0v) is 6.83. The summed E-state index contributed by atoms with van der Waals surface area (Å²) in [7, 11) is 1.33. The molecule has 0 aliphatic rings. The van der Waals surface area contributed by atoms with Gasteiger partial charge in [-0.25, -0.2) is 0 Å². The highest BCUT2D eigenvalue weighted by Crippen LogP contribution is 2.09. The number of aromatic nitrogens is 2. The van der Waals surface area contributed by atoms with Gasteiger partial charge in [-0.3, -0.25) is 9.59 Å². The summed E-state index contributed by atoms with van der Waals surface area (Å²) in [5, 5.41) is 0. The van der Waals surface area contributed by atoms with Crippen LogP contribution in [0.1, 0.15) is 21.0 Å². The molecule has 1 heterocycles. The first-order chi connectivity index (χ1) is 6.06. The minimum atomic E-state index is -0.839. The van der Waals surface area contributed by atoms with Crippen LogP contribution in [-0.4, -0.2) is 28.9 Å². The van der Waals surface area contributed by atoms with Crippen LogP contribution in [0, 0.1) is 0 Å². The Kier molecular flexibility index (Phi) is 2.18. The molecule has 2 amide bonds. The molecule has 0 spiro atoms. The smallest absolute Gasteiger partial charge is 0.294 e. The molecular formula is C6H8N4O3. The summed E-state index contributed by atoms with van der Waals surface area (Å²) in [5.74, 6) is -1.65. The van der Waals surface area contributed by atoms with Gasteiger partial charge in [-0.2, -0.15) is 4.98 Å². The van der Waals surface area contributed by atoms with Crippen molar-refractivity contribution in [1.82, 2.24) is 9.97 Å². The quantitative estimate of drug-likeness (QED) is 0.535. The van der Waals surface area contributed by atoms with Gasteiger partial charge in [-0.05, 0) is 0 Å². The SMILES string of the molecule is COc1nc(C(N)=O)c(C(N)=O)[nH]1. The van der Waals surface area contributed by atoms with Crippen LogP contribution in [0.25, 0.3) is 0 Å². The van der Waals surface area contributed by atoms with Crippen molar-refractivity contribution in [2.75, 3.05) is 7.11 Å². The van der Waals surface area contributed by atoms with E-state index in [1.165, 1.54) is 7.11 Å². The number of carbonyl (C=O) groups excluding carboxylic acids is 2. The first-order valence-corrected chi connectivity index (χ1v) is 3.30. The fourth-order valence-electron chi connectivity index (χ4n) is 0.805. The Morgan fingerprint density at radius 3 is 2.31 bits per heavy atom. The average molecular weight is 184 g/mol. The lowest BCUT2D eigenvalue weighted by molar-refractivity contribution is 0.0962.